The van der Waals surface area contributed by atoms with Gasteiger partial charge in [0.1, 0.15) is 5.75 Å². The first kappa shape index (κ1) is 20.7. The Morgan fingerprint density at radius 3 is 2.55 bits per heavy atom. The van der Waals surface area contributed by atoms with Crippen molar-refractivity contribution in [3.05, 3.63) is 59.1 Å². The lowest BCUT2D eigenvalue weighted by Crippen LogP contribution is -2.40. The quantitative estimate of drug-likeness (QED) is 0.725. The highest BCUT2D eigenvalue weighted by Crippen LogP contribution is 2.26. The van der Waals surface area contributed by atoms with E-state index in [1.165, 1.54) is 0 Å². The van der Waals surface area contributed by atoms with Crippen molar-refractivity contribution in [3.8, 4) is 5.75 Å². The molecule has 0 spiro atoms. The minimum Gasteiger partial charge on any atom is -0.497 e. The van der Waals surface area contributed by atoms with Gasteiger partial charge in [0.25, 0.3) is 0 Å². The van der Waals surface area contributed by atoms with E-state index >= 15 is 0 Å². The van der Waals surface area contributed by atoms with Crippen molar-refractivity contribution in [2.75, 3.05) is 25.1 Å². The topological polar surface area (TPSA) is 87.7 Å². The Morgan fingerprint density at radius 1 is 1.14 bits per heavy atom. The molecule has 0 radical (unpaired) electrons. The van der Waals surface area contributed by atoms with E-state index in [0.717, 1.165) is 5.56 Å². The summed E-state index contributed by atoms with van der Waals surface area (Å²) in [6.07, 6.45) is 0.110. The number of anilines is 1. The molecule has 7 nitrogen and oxygen atoms in total. The van der Waals surface area contributed by atoms with Gasteiger partial charge in [0, 0.05) is 30.2 Å². The highest BCUT2D eigenvalue weighted by Gasteiger charge is 2.35. The van der Waals surface area contributed by atoms with Gasteiger partial charge in [-0.1, -0.05) is 29.8 Å². The molecule has 3 amide bonds. The number of halogens is 1. The van der Waals surface area contributed by atoms with Gasteiger partial charge in [-0.25, -0.2) is 0 Å². The minimum atomic E-state index is -0.499. The lowest BCUT2D eigenvalue weighted by molar-refractivity contribution is -0.129. The number of hydrogen-bond acceptors (Lipinski definition) is 4. The highest BCUT2D eigenvalue weighted by molar-refractivity contribution is 6.31. The normalized spacial score (nSPS) is 15.9. The Bertz CT molecular complexity index is 901. The van der Waals surface area contributed by atoms with Crippen molar-refractivity contribution < 1.29 is 19.1 Å². The molecule has 1 aliphatic heterocycles. The summed E-state index contributed by atoms with van der Waals surface area (Å²) in [4.78, 5) is 38.3. The predicted octanol–water partition coefficient (Wildman–Crippen LogP) is 2.13. The van der Waals surface area contributed by atoms with E-state index in [2.05, 4.69) is 10.6 Å². The van der Waals surface area contributed by atoms with E-state index in [1.54, 1.807) is 42.3 Å². The number of amides is 3. The summed E-state index contributed by atoms with van der Waals surface area (Å²) in [5.41, 5.74) is 1.51. The number of carbonyl (C=O) groups is 3. The van der Waals surface area contributed by atoms with Gasteiger partial charge in [-0.2, -0.15) is 0 Å². The molecule has 0 saturated carbocycles. The maximum Gasteiger partial charge on any atom is 0.239 e. The Balaban J connectivity index is 1.47. The van der Waals surface area contributed by atoms with Crippen LogP contribution < -0.4 is 20.3 Å². The third kappa shape index (κ3) is 5.26. The van der Waals surface area contributed by atoms with Gasteiger partial charge < -0.3 is 20.3 Å². The van der Waals surface area contributed by atoms with E-state index in [-0.39, 0.29) is 43.8 Å². The molecule has 3 rings (SSSR count). The molecule has 2 N–H and O–H groups in total. The standard InChI is InChI=1S/C21H22ClN3O4/c1-29-17-8-6-16(7-9-17)25-13-15(10-20(25)27)21(28)24-12-19(26)23-11-14-4-2-3-5-18(14)22/h2-9,15H,10-13H2,1H3,(H,23,26)(H,24,28)/t15-/m1/s1. The molecule has 0 aromatic heterocycles. The molecule has 0 aliphatic carbocycles. The summed E-state index contributed by atoms with van der Waals surface area (Å²) in [5.74, 6) is -0.575. The van der Waals surface area contributed by atoms with Crippen LogP contribution in [0.2, 0.25) is 5.02 Å². The van der Waals surface area contributed by atoms with Crippen LogP contribution in [0.4, 0.5) is 5.69 Å². The SMILES string of the molecule is COc1ccc(N2C[C@H](C(=O)NCC(=O)NCc3ccccc3Cl)CC2=O)cc1. The van der Waals surface area contributed by atoms with Crippen molar-refractivity contribution in [1.82, 2.24) is 10.6 Å². The zero-order valence-electron chi connectivity index (χ0n) is 16.0. The number of rotatable bonds is 7. The second-order valence-corrected chi connectivity index (χ2v) is 7.10. The molecule has 1 fully saturated rings. The van der Waals surface area contributed by atoms with Crippen molar-refractivity contribution in [2.24, 2.45) is 5.92 Å². The summed E-state index contributed by atoms with van der Waals surface area (Å²) in [5, 5.41) is 5.89. The van der Waals surface area contributed by atoms with Gasteiger partial charge in [-0.15, -0.1) is 0 Å². The Labute approximate surface area is 174 Å². The van der Waals surface area contributed by atoms with Crippen LogP contribution in [0.3, 0.4) is 0 Å². The van der Waals surface area contributed by atoms with E-state index in [0.29, 0.717) is 16.5 Å². The van der Waals surface area contributed by atoms with Gasteiger partial charge in [-0.05, 0) is 35.9 Å². The first-order valence-electron chi connectivity index (χ1n) is 9.20. The minimum absolute atomic E-state index is 0.110. The molecule has 8 heteroatoms. The van der Waals surface area contributed by atoms with Gasteiger partial charge in [0.2, 0.25) is 17.7 Å². The van der Waals surface area contributed by atoms with Gasteiger partial charge in [0.15, 0.2) is 0 Å². The number of carbonyl (C=O) groups excluding carboxylic acids is 3. The molecule has 1 aliphatic rings. The molecule has 1 heterocycles. The summed E-state index contributed by atoms with van der Waals surface area (Å²) >= 11 is 6.05. The molecule has 29 heavy (non-hydrogen) atoms. The monoisotopic (exact) mass is 415 g/mol. The molecule has 0 bridgehead atoms. The average molecular weight is 416 g/mol. The number of nitrogens with one attached hydrogen (secondary N) is 2. The molecule has 152 valence electrons. The van der Waals surface area contributed by atoms with Crippen LogP contribution in [0.5, 0.6) is 5.75 Å². The maximum absolute atomic E-state index is 12.4. The van der Waals surface area contributed by atoms with Crippen molar-refractivity contribution >= 4 is 35.0 Å². The number of ether oxygens (including phenoxy) is 1. The van der Waals surface area contributed by atoms with Crippen LogP contribution >= 0.6 is 11.6 Å². The van der Waals surface area contributed by atoms with Crippen molar-refractivity contribution in [1.29, 1.82) is 0 Å². The zero-order valence-corrected chi connectivity index (χ0v) is 16.7. The summed E-state index contributed by atoms with van der Waals surface area (Å²) < 4.78 is 5.11. The molecular weight excluding hydrogens is 394 g/mol. The van der Waals surface area contributed by atoms with E-state index in [9.17, 15) is 14.4 Å². The van der Waals surface area contributed by atoms with E-state index in [1.807, 2.05) is 18.2 Å². The number of nitrogens with zero attached hydrogens (tertiary/aromatic N) is 1. The van der Waals surface area contributed by atoms with Crippen LogP contribution in [-0.4, -0.2) is 37.9 Å². The summed E-state index contributed by atoms with van der Waals surface area (Å²) in [6.45, 7) is 0.399. The number of hydrogen-bond donors (Lipinski definition) is 2. The van der Waals surface area contributed by atoms with Crippen LogP contribution in [0.1, 0.15) is 12.0 Å². The van der Waals surface area contributed by atoms with Crippen LogP contribution in [-0.2, 0) is 20.9 Å². The predicted molar refractivity (Wildman–Crippen MR) is 110 cm³/mol. The van der Waals surface area contributed by atoms with E-state index in [4.69, 9.17) is 16.3 Å². The summed E-state index contributed by atoms with van der Waals surface area (Å²) in [6, 6.07) is 14.3. The van der Waals surface area contributed by atoms with Crippen LogP contribution in [0.15, 0.2) is 48.5 Å². The molecule has 1 saturated heterocycles. The first-order chi connectivity index (χ1) is 14.0. The lowest BCUT2D eigenvalue weighted by Gasteiger charge is -2.17. The Morgan fingerprint density at radius 2 is 1.86 bits per heavy atom. The van der Waals surface area contributed by atoms with E-state index < -0.39 is 5.92 Å². The third-order valence-corrected chi connectivity index (χ3v) is 5.11. The number of benzene rings is 2. The van der Waals surface area contributed by atoms with Gasteiger partial charge in [-0.3, -0.25) is 14.4 Å². The fraction of sp³-hybridized carbons (Fsp3) is 0.286. The fourth-order valence-electron chi connectivity index (χ4n) is 3.10. The van der Waals surface area contributed by atoms with Gasteiger partial charge >= 0.3 is 0 Å². The third-order valence-electron chi connectivity index (χ3n) is 4.74. The average Bonchev–Trinajstić information content (AvgIpc) is 3.13. The van der Waals surface area contributed by atoms with Crippen LogP contribution in [0, 0.1) is 5.92 Å². The second-order valence-electron chi connectivity index (χ2n) is 6.69. The zero-order chi connectivity index (χ0) is 20.8. The summed E-state index contributed by atoms with van der Waals surface area (Å²) in [7, 11) is 1.57. The van der Waals surface area contributed by atoms with Gasteiger partial charge in [0.05, 0.1) is 19.6 Å². The lowest BCUT2D eigenvalue weighted by atomic mass is 10.1. The van der Waals surface area contributed by atoms with Crippen LogP contribution in [0.25, 0.3) is 0 Å². The largest absolute Gasteiger partial charge is 0.497 e. The van der Waals surface area contributed by atoms with Crippen molar-refractivity contribution in [2.45, 2.75) is 13.0 Å². The molecule has 2 aromatic rings. The smallest absolute Gasteiger partial charge is 0.239 e. The molecular formula is C21H22ClN3O4. The Kier molecular flexibility index (Phi) is 6.72. The fourth-order valence-corrected chi connectivity index (χ4v) is 3.31. The molecule has 0 unspecified atom stereocenters. The first-order valence-corrected chi connectivity index (χ1v) is 9.58. The molecule has 2 aromatic carbocycles. The molecule has 1 atom stereocenters. The highest BCUT2D eigenvalue weighted by atomic mass is 35.5. The maximum atomic E-state index is 12.4. The number of methoxy groups -OCH3 is 1. The Hall–Kier alpha value is -3.06. The van der Waals surface area contributed by atoms with Crippen molar-refractivity contribution in [3.63, 3.8) is 0 Å². The second kappa shape index (κ2) is 9.43.